The highest BCUT2D eigenvalue weighted by atomic mass is 16.6. The number of ether oxygens (including phenoxy) is 2. The molecule has 1 N–H and O–H groups in total. The summed E-state index contributed by atoms with van der Waals surface area (Å²) >= 11 is 0. The van der Waals surface area contributed by atoms with Gasteiger partial charge < -0.3 is 14.6 Å². The molecule has 0 aliphatic rings. The van der Waals surface area contributed by atoms with E-state index in [-0.39, 0.29) is 0 Å². The second-order valence-electron chi connectivity index (χ2n) is 2.22. The Morgan fingerprint density at radius 3 is 2.23 bits per heavy atom. The summed E-state index contributed by atoms with van der Waals surface area (Å²) in [6.07, 6.45) is -1.95. The van der Waals surface area contributed by atoms with E-state index in [0.717, 1.165) is 14.0 Å². The molecule has 0 aliphatic carbocycles. The molecule has 0 amide bonds. The zero-order valence-electron chi connectivity index (χ0n) is 7.27. The molecule has 6 heteroatoms. The van der Waals surface area contributed by atoms with Crippen LogP contribution in [0.15, 0.2) is 0 Å². The van der Waals surface area contributed by atoms with Crippen LogP contribution in [0.4, 0.5) is 0 Å². The predicted molar refractivity (Wildman–Crippen MR) is 39.8 cm³/mol. The Bertz CT molecular complexity index is 221. The molecule has 6 nitrogen and oxygen atoms in total. The average molecular weight is 190 g/mol. The Kier molecular flexibility index (Phi) is 4.50. The summed E-state index contributed by atoms with van der Waals surface area (Å²) in [6.45, 7) is 1.06. The van der Waals surface area contributed by atoms with Gasteiger partial charge in [-0.25, -0.2) is 4.79 Å². The first-order chi connectivity index (χ1) is 5.97. The van der Waals surface area contributed by atoms with Crippen LogP contribution in [0.2, 0.25) is 0 Å². The SMILES string of the molecule is COC(=O)C[C@H](OC(C)=O)C(=O)O. The van der Waals surface area contributed by atoms with Crippen molar-refractivity contribution < 1.29 is 29.0 Å². The van der Waals surface area contributed by atoms with Crippen LogP contribution in [0.25, 0.3) is 0 Å². The molecule has 0 saturated carbocycles. The lowest BCUT2D eigenvalue weighted by atomic mass is 10.2. The quantitative estimate of drug-likeness (QED) is 0.604. The number of hydrogen-bond acceptors (Lipinski definition) is 5. The number of carboxylic acids is 1. The fraction of sp³-hybridized carbons (Fsp3) is 0.571. The van der Waals surface area contributed by atoms with Gasteiger partial charge >= 0.3 is 17.9 Å². The molecule has 0 aromatic rings. The molecule has 0 rings (SSSR count). The van der Waals surface area contributed by atoms with Crippen molar-refractivity contribution in [3.63, 3.8) is 0 Å². The van der Waals surface area contributed by atoms with Gasteiger partial charge in [0.05, 0.1) is 13.5 Å². The molecule has 74 valence electrons. The van der Waals surface area contributed by atoms with Gasteiger partial charge in [0.25, 0.3) is 0 Å². The first-order valence-corrected chi connectivity index (χ1v) is 3.44. The van der Waals surface area contributed by atoms with Gasteiger partial charge in [0.15, 0.2) is 0 Å². The second-order valence-corrected chi connectivity index (χ2v) is 2.22. The fourth-order valence-electron chi connectivity index (χ4n) is 0.614. The number of rotatable bonds is 4. The Labute approximate surface area is 74.4 Å². The molecule has 0 aliphatic heterocycles. The normalized spacial score (nSPS) is 11.5. The molecule has 0 spiro atoms. The third-order valence-electron chi connectivity index (χ3n) is 1.16. The molecule has 0 saturated heterocycles. The van der Waals surface area contributed by atoms with Crippen LogP contribution in [0.1, 0.15) is 13.3 Å². The summed E-state index contributed by atoms with van der Waals surface area (Å²) in [7, 11) is 1.12. The zero-order valence-corrected chi connectivity index (χ0v) is 7.27. The maximum Gasteiger partial charge on any atom is 0.345 e. The number of aliphatic carboxylic acids is 1. The predicted octanol–water partition coefficient (Wildman–Crippen LogP) is -0.434. The molecule has 1 atom stereocenters. The standard InChI is InChI=1S/C7H10O6/c1-4(8)13-5(7(10)11)3-6(9)12-2/h5H,3H2,1-2H3,(H,10,11)/t5-/m0/s1. The number of carbonyl (C=O) groups excluding carboxylic acids is 2. The highest BCUT2D eigenvalue weighted by Crippen LogP contribution is 2.00. The van der Waals surface area contributed by atoms with Crippen LogP contribution in [-0.4, -0.2) is 36.2 Å². The summed E-state index contributed by atoms with van der Waals surface area (Å²) in [5.74, 6) is -2.87. The lowest BCUT2D eigenvalue weighted by Crippen LogP contribution is -2.29. The van der Waals surface area contributed by atoms with E-state index in [9.17, 15) is 14.4 Å². The number of esters is 2. The van der Waals surface area contributed by atoms with Gasteiger partial charge in [-0.1, -0.05) is 0 Å². The molecule has 0 heterocycles. The first-order valence-electron chi connectivity index (χ1n) is 3.44. The Morgan fingerprint density at radius 2 is 1.92 bits per heavy atom. The van der Waals surface area contributed by atoms with Gasteiger partial charge in [0, 0.05) is 6.92 Å². The molecule has 0 bridgehead atoms. The maximum absolute atomic E-state index is 10.6. The average Bonchev–Trinajstić information content (AvgIpc) is 2.02. The van der Waals surface area contributed by atoms with Gasteiger partial charge in [0.1, 0.15) is 0 Å². The molecule has 0 radical (unpaired) electrons. The summed E-state index contributed by atoms with van der Waals surface area (Å²) in [6, 6.07) is 0. The highest BCUT2D eigenvalue weighted by molar-refractivity contribution is 5.82. The van der Waals surface area contributed by atoms with Crippen LogP contribution in [0.5, 0.6) is 0 Å². The topological polar surface area (TPSA) is 89.9 Å². The van der Waals surface area contributed by atoms with Crippen LogP contribution >= 0.6 is 0 Å². The third kappa shape index (κ3) is 4.78. The minimum Gasteiger partial charge on any atom is -0.478 e. The van der Waals surface area contributed by atoms with Crippen molar-refractivity contribution in [3.8, 4) is 0 Å². The molecule has 0 fully saturated rings. The summed E-state index contributed by atoms with van der Waals surface area (Å²) in [4.78, 5) is 31.4. The van der Waals surface area contributed by atoms with Crippen molar-refractivity contribution in [2.75, 3.05) is 7.11 Å². The van der Waals surface area contributed by atoms with E-state index in [1.165, 1.54) is 0 Å². The fourth-order valence-corrected chi connectivity index (χ4v) is 0.614. The number of hydrogen-bond donors (Lipinski definition) is 1. The van der Waals surface area contributed by atoms with Gasteiger partial charge in [-0.3, -0.25) is 9.59 Å². The van der Waals surface area contributed by atoms with Crippen LogP contribution in [0, 0.1) is 0 Å². The van der Waals surface area contributed by atoms with Crippen molar-refractivity contribution in [2.45, 2.75) is 19.4 Å². The highest BCUT2D eigenvalue weighted by Gasteiger charge is 2.24. The molecule has 13 heavy (non-hydrogen) atoms. The molecule has 0 unspecified atom stereocenters. The summed E-state index contributed by atoms with van der Waals surface area (Å²) in [5, 5.41) is 8.48. The molecule has 0 aromatic carbocycles. The first kappa shape index (κ1) is 11.4. The van der Waals surface area contributed by atoms with E-state index in [1.807, 2.05) is 0 Å². The summed E-state index contributed by atoms with van der Waals surface area (Å²) < 4.78 is 8.56. The van der Waals surface area contributed by atoms with Crippen LogP contribution in [0.3, 0.4) is 0 Å². The van der Waals surface area contributed by atoms with E-state index in [1.54, 1.807) is 0 Å². The molecule has 0 aromatic heterocycles. The maximum atomic E-state index is 10.6. The lowest BCUT2D eigenvalue weighted by molar-refractivity contribution is -0.166. The van der Waals surface area contributed by atoms with Crippen LogP contribution in [-0.2, 0) is 23.9 Å². The van der Waals surface area contributed by atoms with E-state index in [2.05, 4.69) is 9.47 Å². The molecular weight excluding hydrogens is 180 g/mol. The minimum absolute atomic E-state index is 0.481. The Morgan fingerprint density at radius 1 is 1.38 bits per heavy atom. The van der Waals surface area contributed by atoms with Crippen LogP contribution < -0.4 is 0 Å². The summed E-state index contributed by atoms with van der Waals surface area (Å²) in [5.41, 5.74) is 0. The van der Waals surface area contributed by atoms with Gasteiger partial charge in [-0.2, -0.15) is 0 Å². The monoisotopic (exact) mass is 190 g/mol. The van der Waals surface area contributed by atoms with Crippen molar-refractivity contribution in [1.29, 1.82) is 0 Å². The Balaban J connectivity index is 4.18. The number of carbonyl (C=O) groups is 3. The van der Waals surface area contributed by atoms with Crippen molar-refractivity contribution >= 4 is 17.9 Å². The largest absolute Gasteiger partial charge is 0.478 e. The zero-order chi connectivity index (χ0) is 10.4. The van der Waals surface area contributed by atoms with Gasteiger partial charge in [-0.15, -0.1) is 0 Å². The second kappa shape index (κ2) is 5.13. The van der Waals surface area contributed by atoms with Crippen molar-refractivity contribution in [2.24, 2.45) is 0 Å². The van der Waals surface area contributed by atoms with E-state index in [0.29, 0.717) is 0 Å². The third-order valence-corrected chi connectivity index (χ3v) is 1.16. The van der Waals surface area contributed by atoms with Crippen molar-refractivity contribution in [3.05, 3.63) is 0 Å². The number of carboxylic acid groups (broad SMARTS) is 1. The smallest absolute Gasteiger partial charge is 0.345 e. The number of methoxy groups -OCH3 is 1. The van der Waals surface area contributed by atoms with E-state index < -0.39 is 30.4 Å². The van der Waals surface area contributed by atoms with E-state index >= 15 is 0 Å². The molecular formula is C7H10O6. The van der Waals surface area contributed by atoms with Crippen molar-refractivity contribution in [1.82, 2.24) is 0 Å². The van der Waals surface area contributed by atoms with Gasteiger partial charge in [0.2, 0.25) is 6.10 Å². The lowest BCUT2D eigenvalue weighted by Gasteiger charge is -2.10. The minimum atomic E-state index is -1.47. The Hall–Kier alpha value is -1.59. The van der Waals surface area contributed by atoms with E-state index in [4.69, 9.17) is 5.11 Å². The van der Waals surface area contributed by atoms with Gasteiger partial charge in [-0.05, 0) is 0 Å².